The van der Waals surface area contributed by atoms with Gasteiger partial charge < -0.3 is 9.88 Å². The van der Waals surface area contributed by atoms with Crippen molar-refractivity contribution in [2.24, 2.45) is 0 Å². The summed E-state index contributed by atoms with van der Waals surface area (Å²) < 4.78 is 2.19. The average Bonchev–Trinajstić information content (AvgIpc) is 3.35. The minimum atomic E-state index is -0.404. The third kappa shape index (κ3) is 5.27. The minimum Gasteiger partial charge on any atom is -0.347 e. The highest BCUT2D eigenvalue weighted by Crippen LogP contribution is 2.37. The lowest BCUT2D eigenvalue weighted by atomic mass is 10.0. The number of benzene rings is 4. The van der Waals surface area contributed by atoms with Crippen LogP contribution in [0.1, 0.15) is 11.1 Å². The van der Waals surface area contributed by atoms with Crippen LogP contribution >= 0.6 is 0 Å². The normalized spacial score (nSPS) is 11.1. The maximum Gasteiger partial charge on any atom is 0.262 e. The number of carbonyl (C=O) groups is 1. The van der Waals surface area contributed by atoms with Gasteiger partial charge in [-0.25, -0.2) is 0 Å². The van der Waals surface area contributed by atoms with E-state index in [1.807, 2.05) is 103 Å². The quantitative estimate of drug-likeness (QED) is 0.201. The van der Waals surface area contributed by atoms with E-state index < -0.39 is 5.91 Å². The van der Waals surface area contributed by atoms with Gasteiger partial charge in [-0.3, -0.25) is 4.79 Å². The Hall–Kier alpha value is -5.14. The highest BCUT2D eigenvalue weighted by molar-refractivity contribution is 6.02. The number of rotatable bonds is 7. The van der Waals surface area contributed by atoms with Crippen molar-refractivity contribution < 1.29 is 4.79 Å². The van der Waals surface area contributed by atoms with Crippen LogP contribution in [-0.4, -0.2) is 10.5 Å². The van der Waals surface area contributed by atoms with Gasteiger partial charge in [0, 0.05) is 17.8 Å². The summed E-state index contributed by atoms with van der Waals surface area (Å²) in [4.78, 5) is 13.0. The Bertz CT molecular complexity index is 1560. The van der Waals surface area contributed by atoms with Gasteiger partial charge in [0.2, 0.25) is 0 Å². The van der Waals surface area contributed by atoms with Crippen LogP contribution < -0.4 is 5.32 Å². The van der Waals surface area contributed by atoms with Crippen LogP contribution in [0.5, 0.6) is 0 Å². The number of hydrogen-bond acceptors (Lipinski definition) is 2. The third-order valence-electron chi connectivity index (χ3n) is 6.12. The topological polar surface area (TPSA) is 57.8 Å². The molecule has 0 spiro atoms. The number of aromatic nitrogens is 1. The average molecular weight is 480 g/mol. The van der Waals surface area contributed by atoms with E-state index in [1.54, 1.807) is 6.08 Å². The first-order chi connectivity index (χ1) is 18.2. The SMILES string of the molecule is N#CC(=Cc1cc(-c2ccccc2)n(-c2ccccc2)c1-c1ccccc1)C(=O)NCc1ccccc1. The second kappa shape index (κ2) is 11.1. The van der Waals surface area contributed by atoms with Crippen LogP contribution in [0.15, 0.2) is 133 Å². The molecule has 0 unspecified atom stereocenters. The first-order valence-electron chi connectivity index (χ1n) is 12.1. The molecule has 0 saturated heterocycles. The number of carbonyl (C=O) groups excluding carboxylic acids is 1. The van der Waals surface area contributed by atoms with Crippen molar-refractivity contribution in [3.8, 4) is 34.3 Å². The van der Waals surface area contributed by atoms with E-state index in [2.05, 4.69) is 40.2 Å². The highest BCUT2D eigenvalue weighted by Gasteiger charge is 2.20. The summed E-state index contributed by atoms with van der Waals surface area (Å²) in [6, 6.07) is 44.1. The van der Waals surface area contributed by atoms with Crippen LogP contribution in [0, 0.1) is 11.3 Å². The molecule has 0 bridgehead atoms. The fourth-order valence-electron chi connectivity index (χ4n) is 4.38. The van der Waals surface area contributed by atoms with Gasteiger partial charge in [0.25, 0.3) is 5.91 Å². The number of amides is 1. The maximum absolute atomic E-state index is 13.0. The number of nitrogens with one attached hydrogen (secondary N) is 1. The van der Waals surface area contributed by atoms with E-state index >= 15 is 0 Å². The van der Waals surface area contributed by atoms with E-state index in [-0.39, 0.29) is 5.57 Å². The number of para-hydroxylation sites is 1. The first kappa shape index (κ1) is 23.6. The fraction of sp³-hybridized carbons (Fsp3) is 0.0303. The first-order valence-corrected chi connectivity index (χ1v) is 12.1. The summed E-state index contributed by atoms with van der Waals surface area (Å²) in [5.41, 5.74) is 6.72. The van der Waals surface area contributed by atoms with Gasteiger partial charge in [0.1, 0.15) is 11.6 Å². The predicted octanol–water partition coefficient (Wildman–Crippen LogP) is 7.03. The zero-order valence-electron chi connectivity index (χ0n) is 20.2. The Kier molecular flexibility index (Phi) is 7.06. The summed E-state index contributed by atoms with van der Waals surface area (Å²) in [5.74, 6) is -0.404. The largest absolute Gasteiger partial charge is 0.347 e. The second-order valence-electron chi connectivity index (χ2n) is 8.57. The Morgan fingerprint density at radius 3 is 1.89 bits per heavy atom. The van der Waals surface area contributed by atoms with E-state index in [1.165, 1.54) is 0 Å². The Labute approximate surface area is 216 Å². The number of nitriles is 1. The van der Waals surface area contributed by atoms with E-state index in [0.29, 0.717) is 6.54 Å². The molecule has 0 fully saturated rings. The Balaban J connectivity index is 1.66. The van der Waals surface area contributed by atoms with Crippen molar-refractivity contribution in [2.75, 3.05) is 0 Å². The summed E-state index contributed by atoms with van der Waals surface area (Å²) in [5, 5.41) is 12.8. The van der Waals surface area contributed by atoms with Crippen molar-refractivity contribution in [3.63, 3.8) is 0 Å². The molecule has 0 aliphatic rings. The summed E-state index contributed by atoms with van der Waals surface area (Å²) in [6.07, 6.45) is 1.69. The van der Waals surface area contributed by atoms with Crippen LogP contribution in [0.25, 0.3) is 34.3 Å². The summed E-state index contributed by atoms with van der Waals surface area (Å²) in [7, 11) is 0. The molecule has 1 amide bonds. The van der Waals surface area contributed by atoms with Crippen molar-refractivity contribution in [1.82, 2.24) is 9.88 Å². The molecule has 4 aromatic carbocycles. The van der Waals surface area contributed by atoms with Crippen LogP contribution in [0.2, 0.25) is 0 Å². The zero-order chi connectivity index (χ0) is 25.5. The molecular weight excluding hydrogens is 454 g/mol. The molecule has 1 heterocycles. The molecule has 5 aromatic rings. The van der Waals surface area contributed by atoms with Gasteiger partial charge in [-0.15, -0.1) is 0 Å². The molecule has 0 saturated carbocycles. The predicted molar refractivity (Wildman–Crippen MR) is 149 cm³/mol. The zero-order valence-corrected chi connectivity index (χ0v) is 20.2. The van der Waals surface area contributed by atoms with Crippen molar-refractivity contribution >= 4 is 12.0 Å². The molecule has 37 heavy (non-hydrogen) atoms. The Morgan fingerprint density at radius 1 is 0.757 bits per heavy atom. The van der Waals surface area contributed by atoms with Crippen LogP contribution in [0.4, 0.5) is 0 Å². The monoisotopic (exact) mass is 479 g/mol. The Morgan fingerprint density at radius 2 is 1.30 bits per heavy atom. The second-order valence-corrected chi connectivity index (χ2v) is 8.57. The molecule has 4 nitrogen and oxygen atoms in total. The molecular formula is C33H25N3O. The van der Waals surface area contributed by atoms with Gasteiger partial charge in [-0.1, -0.05) is 109 Å². The maximum atomic E-state index is 13.0. The van der Waals surface area contributed by atoms with Gasteiger partial charge in [-0.05, 0) is 41.0 Å². The molecule has 1 aromatic heterocycles. The fourth-order valence-corrected chi connectivity index (χ4v) is 4.38. The summed E-state index contributed by atoms with van der Waals surface area (Å²) in [6.45, 7) is 0.352. The van der Waals surface area contributed by atoms with Crippen LogP contribution in [-0.2, 0) is 11.3 Å². The highest BCUT2D eigenvalue weighted by atomic mass is 16.1. The van der Waals surface area contributed by atoms with Gasteiger partial charge >= 0.3 is 0 Å². The van der Waals surface area contributed by atoms with E-state index in [9.17, 15) is 10.1 Å². The van der Waals surface area contributed by atoms with E-state index in [4.69, 9.17) is 0 Å². The lowest BCUT2D eigenvalue weighted by molar-refractivity contribution is -0.117. The molecule has 0 aliphatic carbocycles. The molecule has 0 atom stereocenters. The van der Waals surface area contributed by atoms with Gasteiger partial charge in [0.15, 0.2) is 0 Å². The number of hydrogen-bond donors (Lipinski definition) is 1. The van der Waals surface area contributed by atoms with Crippen molar-refractivity contribution in [3.05, 3.63) is 144 Å². The van der Waals surface area contributed by atoms with Gasteiger partial charge in [0.05, 0.1) is 11.4 Å². The van der Waals surface area contributed by atoms with Crippen molar-refractivity contribution in [2.45, 2.75) is 6.54 Å². The molecule has 4 heteroatoms. The lowest BCUT2D eigenvalue weighted by Gasteiger charge is -2.15. The molecule has 1 N–H and O–H groups in total. The van der Waals surface area contributed by atoms with Crippen molar-refractivity contribution in [1.29, 1.82) is 5.26 Å². The lowest BCUT2D eigenvalue weighted by Crippen LogP contribution is -2.23. The molecule has 178 valence electrons. The molecule has 5 rings (SSSR count). The standard InChI is InChI=1S/C33H25N3O/c34-23-29(33(37)35-24-25-13-5-1-6-14-25)21-28-22-31(26-15-7-2-8-16-26)36(30-19-11-4-12-20-30)32(28)27-17-9-3-10-18-27/h1-22H,24H2,(H,35,37). The smallest absolute Gasteiger partial charge is 0.262 e. The number of nitrogens with zero attached hydrogens (tertiary/aromatic N) is 2. The molecule has 0 radical (unpaired) electrons. The van der Waals surface area contributed by atoms with Gasteiger partial charge in [-0.2, -0.15) is 5.26 Å². The molecule has 0 aliphatic heterocycles. The summed E-state index contributed by atoms with van der Waals surface area (Å²) >= 11 is 0. The third-order valence-corrected chi connectivity index (χ3v) is 6.12. The van der Waals surface area contributed by atoms with E-state index in [0.717, 1.165) is 39.3 Å². The minimum absolute atomic E-state index is 0.0536. The van der Waals surface area contributed by atoms with Crippen LogP contribution in [0.3, 0.4) is 0 Å².